The highest BCUT2D eigenvalue weighted by atomic mass is 16.5. The van der Waals surface area contributed by atoms with Gasteiger partial charge in [-0.05, 0) is 62.9 Å². The van der Waals surface area contributed by atoms with E-state index in [-0.39, 0.29) is 0 Å². The number of ether oxygens (including phenoxy) is 1. The summed E-state index contributed by atoms with van der Waals surface area (Å²) in [5.41, 5.74) is 1.38. The molecule has 0 bridgehead atoms. The zero-order chi connectivity index (χ0) is 14.1. The second-order valence-electron chi connectivity index (χ2n) is 6.98. The van der Waals surface area contributed by atoms with Crippen molar-refractivity contribution in [3.8, 4) is 5.75 Å². The molecule has 1 unspecified atom stereocenters. The van der Waals surface area contributed by atoms with Crippen LogP contribution in [0.3, 0.4) is 0 Å². The number of fused-ring (bicyclic) bond motifs is 1. The van der Waals surface area contributed by atoms with Gasteiger partial charge in [0, 0.05) is 19.0 Å². The smallest absolute Gasteiger partial charge is 0.123 e. The Labute approximate surface area is 127 Å². The minimum atomic E-state index is 0.360. The lowest BCUT2D eigenvalue weighted by Gasteiger charge is -2.33. The van der Waals surface area contributed by atoms with Gasteiger partial charge in [0.05, 0.1) is 0 Å². The highest BCUT2D eigenvalue weighted by Gasteiger charge is 2.28. The molecule has 2 fully saturated rings. The Hall–Kier alpha value is -1.06. The van der Waals surface area contributed by atoms with Gasteiger partial charge in [0.2, 0.25) is 0 Å². The molecule has 2 heterocycles. The van der Waals surface area contributed by atoms with Gasteiger partial charge in [0.1, 0.15) is 11.9 Å². The summed E-state index contributed by atoms with van der Waals surface area (Å²) in [6.45, 7) is 4.78. The Kier molecular flexibility index (Phi) is 3.87. The Morgan fingerprint density at radius 3 is 2.67 bits per heavy atom. The maximum Gasteiger partial charge on any atom is 0.123 e. The molecule has 2 aliphatic heterocycles. The van der Waals surface area contributed by atoms with Crippen molar-refractivity contribution in [1.82, 2.24) is 10.2 Å². The van der Waals surface area contributed by atoms with Gasteiger partial charge in [0.25, 0.3) is 0 Å². The van der Waals surface area contributed by atoms with Gasteiger partial charge >= 0.3 is 0 Å². The Morgan fingerprint density at radius 1 is 1.10 bits per heavy atom. The number of likely N-dealkylation sites (tertiary alicyclic amines) is 1. The predicted octanol–water partition coefficient (Wildman–Crippen LogP) is 2.45. The van der Waals surface area contributed by atoms with Crippen LogP contribution in [0.1, 0.15) is 31.2 Å². The lowest BCUT2D eigenvalue weighted by Crippen LogP contribution is -2.45. The summed E-state index contributed by atoms with van der Waals surface area (Å²) in [7, 11) is 0. The van der Waals surface area contributed by atoms with E-state index in [1.807, 2.05) is 0 Å². The van der Waals surface area contributed by atoms with Gasteiger partial charge in [0.15, 0.2) is 0 Å². The van der Waals surface area contributed by atoms with E-state index in [0.29, 0.717) is 6.10 Å². The number of piperidine rings is 1. The van der Waals surface area contributed by atoms with Crippen LogP contribution in [0.25, 0.3) is 0 Å². The van der Waals surface area contributed by atoms with E-state index in [4.69, 9.17) is 4.74 Å². The van der Waals surface area contributed by atoms with Crippen molar-refractivity contribution >= 4 is 0 Å². The van der Waals surface area contributed by atoms with Crippen molar-refractivity contribution < 1.29 is 4.74 Å². The van der Waals surface area contributed by atoms with Crippen LogP contribution in [0.2, 0.25) is 0 Å². The van der Waals surface area contributed by atoms with E-state index < -0.39 is 0 Å². The zero-order valence-electron chi connectivity index (χ0n) is 12.8. The lowest BCUT2D eigenvalue weighted by atomic mass is 10.0. The van der Waals surface area contributed by atoms with Crippen molar-refractivity contribution in [2.75, 3.05) is 26.2 Å². The SMILES string of the molecule is c1ccc2c(c1)CC(CN1CCC(NCC3CC3)CC1)O2. The molecule has 0 radical (unpaired) electrons. The third-order valence-electron chi connectivity index (χ3n) is 5.16. The zero-order valence-corrected chi connectivity index (χ0v) is 12.8. The van der Waals surface area contributed by atoms with Gasteiger partial charge in [-0.25, -0.2) is 0 Å². The predicted molar refractivity (Wildman–Crippen MR) is 84.8 cm³/mol. The fraction of sp³-hybridized carbons (Fsp3) is 0.667. The fourth-order valence-electron chi connectivity index (χ4n) is 3.62. The van der Waals surface area contributed by atoms with Crippen LogP contribution in [0.15, 0.2) is 24.3 Å². The molecule has 4 rings (SSSR count). The van der Waals surface area contributed by atoms with Crippen molar-refractivity contribution in [2.24, 2.45) is 5.92 Å². The molecule has 0 aromatic heterocycles. The molecule has 3 aliphatic rings. The Bertz CT molecular complexity index is 453. The van der Waals surface area contributed by atoms with Gasteiger partial charge < -0.3 is 10.1 Å². The van der Waals surface area contributed by atoms with Crippen molar-refractivity contribution in [1.29, 1.82) is 0 Å². The summed E-state index contributed by atoms with van der Waals surface area (Å²) in [5, 5.41) is 3.75. The minimum absolute atomic E-state index is 0.360. The number of nitrogens with zero attached hydrogens (tertiary/aromatic N) is 1. The minimum Gasteiger partial charge on any atom is -0.488 e. The monoisotopic (exact) mass is 286 g/mol. The second-order valence-corrected chi connectivity index (χ2v) is 6.98. The van der Waals surface area contributed by atoms with E-state index in [9.17, 15) is 0 Å². The lowest BCUT2D eigenvalue weighted by molar-refractivity contribution is 0.123. The quantitative estimate of drug-likeness (QED) is 0.900. The van der Waals surface area contributed by atoms with Crippen LogP contribution in [-0.2, 0) is 6.42 Å². The van der Waals surface area contributed by atoms with Crippen molar-refractivity contribution in [3.63, 3.8) is 0 Å². The van der Waals surface area contributed by atoms with Crippen LogP contribution in [-0.4, -0.2) is 43.2 Å². The first-order chi connectivity index (χ1) is 10.4. The highest BCUT2D eigenvalue weighted by Crippen LogP contribution is 2.29. The molecular weight excluding hydrogens is 260 g/mol. The molecule has 0 spiro atoms. The van der Waals surface area contributed by atoms with Crippen LogP contribution < -0.4 is 10.1 Å². The molecule has 114 valence electrons. The van der Waals surface area contributed by atoms with Crippen molar-refractivity contribution in [3.05, 3.63) is 29.8 Å². The average molecular weight is 286 g/mol. The molecule has 0 amide bonds. The summed E-state index contributed by atoms with van der Waals surface area (Å²) >= 11 is 0. The second kappa shape index (κ2) is 5.98. The van der Waals surface area contributed by atoms with E-state index in [1.165, 1.54) is 50.9 Å². The fourth-order valence-corrected chi connectivity index (χ4v) is 3.62. The van der Waals surface area contributed by atoms with Gasteiger partial charge in [-0.15, -0.1) is 0 Å². The summed E-state index contributed by atoms with van der Waals surface area (Å²) in [6, 6.07) is 9.23. The van der Waals surface area contributed by atoms with Crippen LogP contribution in [0.5, 0.6) is 5.75 Å². The van der Waals surface area contributed by atoms with E-state index in [0.717, 1.165) is 30.7 Å². The molecule has 1 atom stereocenters. The standard InChI is InChI=1S/C18H26N2O/c1-2-4-18-15(3-1)11-17(21-18)13-20-9-7-16(8-10-20)19-12-14-5-6-14/h1-4,14,16-17,19H,5-13H2. The van der Waals surface area contributed by atoms with E-state index in [1.54, 1.807) is 0 Å². The molecule has 1 N–H and O–H groups in total. The molecule has 3 heteroatoms. The molecule has 1 saturated heterocycles. The number of hydrogen-bond acceptors (Lipinski definition) is 3. The Balaban J connectivity index is 1.21. The topological polar surface area (TPSA) is 24.5 Å². The van der Waals surface area contributed by atoms with Gasteiger partial charge in [-0.2, -0.15) is 0 Å². The third kappa shape index (κ3) is 3.41. The van der Waals surface area contributed by atoms with Crippen LogP contribution >= 0.6 is 0 Å². The van der Waals surface area contributed by atoms with Gasteiger partial charge in [-0.1, -0.05) is 18.2 Å². The van der Waals surface area contributed by atoms with Crippen LogP contribution in [0.4, 0.5) is 0 Å². The normalized spacial score (nSPS) is 26.6. The number of benzene rings is 1. The first-order valence-electron chi connectivity index (χ1n) is 8.57. The molecular formula is C18H26N2O. The average Bonchev–Trinajstić information content (AvgIpc) is 3.25. The first-order valence-corrected chi connectivity index (χ1v) is 8.57. The maximum absolute atomic E-state index is 6.07. The third-order valence-corrected chi connectivity index (χ3v) is 5.16. The van der Waals surface area contributed by atoms with E-state index in [2.05, 4.69) is 34.5 Å². The summed E-state index contributed by atoms with van der Waals surface area (Å²) < 4.78 is 6.07. The molecule has 1 saturated carbocycles. The number of para-hydroxylation sites is 1. The van der Waals surface area contributed by atoms with Gasteiger partial charge in [-0.3, -0.25) is 4.90 Å². The molecule has 3 nitrogen and oxygen atoms in total. The highest BCUT2D eigenvalue weighted by molar-refractivity contribution is 5.37. The molecule has 1 aromatic carbocycles. The van der Waals surface area contributed by atoms with Crippen LogP contribution in [0, 0.1) is 5.92 Å². The summed E-state index contributed by atoms with van der Waals surface area (Å²) in [5.74, 6) is 2.09. The maximum atomic E-state index is 6.07. The summed E-state index contributed by atoms with van der Waals surface area (Å²) in [4.78, 5) is 2.59. The first kappa shape index (κ1) is 13.6. The largest absolute Gasteiger partial charge is 0.488 e. The van der Waals surface area contributed by atoms with E-state index >= 15 is 0 Å². The number of rotatable bonds is 5. The molecule has 21 heavy (non-hydrogen) atoms. The molecule has 1 aliphatic carbocycles. The number of nitrogens with one attached hydrogen (secondary N) is 1. The summed E-state index contributed by atoms with van der Waals surface area (Å²) in [6.07, 6.45) is 6.93. The van der Waals surface area contributed by atoms with Crippen molar-refractivity contribution in [2.45, 2.75) is 44.2 Å². The Morgan fingerprint density at radius 2 is 1.90 bits per heavy atom. The molecule has 1 aromatic rings. The number of hydrogen-bond donors (Lipinski definition) is 1.